The SMILES string of the molecule is COc1c(C2CCCN2)cc(C)c(Cl)c1C. The van der Waals surface area contributed by atoms with Crippen LogP contribution in [0.2, 0.25) is 5.02 Å². The van der Waals surface area contributed by atoms with Crippen LogP contribution in [0.5, 0.6) is 5.75 Å². The number of hydrogen-bond acceptors (Lipinski definition) is 2. The van der Waals surface area contributed by atoms with Crippen LogP contribution < -0.4 is 10.1 Å². The van der Waals surface area contributed by atoms with Crippen molar-refractivity contribution in [3.63, 3.8) is 0 Å². The van der Waals surface area contributed by atoms with Crippen molar-refractivity contribution < 1.29 is 4.74 Å². The Kier molecular flexibility index (Phi) is 3.41. The summed E-state index contributed by atoms with van der Waals surface area (Å²) in [5, 5.41) is 4.32. The van der Waals surface area contributed by atoms with Crippen LogP contribution in [-0.4, -0.2) is 13.7 Å². The molecule has 1 saturated heterocycles. The Bertz CT molecular complexity index is 397. The standard InChI is InChI=1S/C13H18ClNO/c1-8-7-10(11-5-4-6-15-11)13(16-3)9(2)12(8)14/h7,11,15H,4-6H2,1-3H3. The highest BCUT2D eigenvalue weighted by Gasteiger charge is 2.22. The molecule has 0 amide bonds. The highest BCUT2D eigenvalue weighted by molar-refractivity contribution is 6.32. The summed E-state index contributed by atoms with van der Waals surface area (Å²) in [6.07, 6.45) is 2.41. The molecule has 1 aliphatic heterocycles. The number of nitrogens with one attached hydrogen (secondary N) is 1. The van der Waals surface area contributed by atoms with E-state index in [4.69, 9.17) is 16.3 Å². The lowest BCUT2D eigenvalue weighted by molar-refractivity contribution is 0.400. The molecule has 0 aliphatic carbocycles. The van der Waals surface area contributed by atoms with Crippen molar-refractivity contribution in [2.75, 3.05) is 13.7 Å². The fourth-order valence-electron chi connectivity index (χ4n) is 2.45. The molecule has 1 heterocycles. The predicted octanol–water partition coefficient (Wildman–Crippen LogP) is 3.39. The fourth-order valence-corrected chi connectivity index (χ4v) is 2.59. The second-order valence-corrected chi connectivity index (χ2v) is 4.78. The van der Waals surface area contributed by atoms with Crippen LogP contribution in [0.25, 0.3) is 0 Å². The van der Waals surface area contributed by atoms with E-state index in [0.717, 1.165) is 28.4 Å². The lowest BCUT2D eigenvalue weighted by Crippen LogP contribution is -2.14. The molecule has 16 heavy (non-hydrogen) atoms. The summed E-state index contributed by atoms with van der Waals surface area (Å²) in [4.78, 5) is 0. The highest BCUT2D eigenvalue weighted by atomic mass is 35.5. The molecule has 88 valence electrons. The average molecular weight is 240 g/mol. The molecular weight excluding hydrogens is 222 g/mol. The van der Waals surface area contributed by atoms with Gasteiger partial charge in [-0.15, -0.1) is 0 Å². The van der Waals surface area contributed by atoms with Crippen LogP contribution in [0.1, 0.15) is 35.6 Å². The lowest BCUT2D eigenvalue weighted by Gasteiger charge is -2.19. The number of rotatable bonds is 2. The highest BCUT2D eigenvalue weighted by Crippen LogP contribution is 2.38. The Labute approximate surface area is 102 Å². The molecule has 0 bridgehead atoms. The summed E-state index contributed by atoms with van der Waals surface area (Å²) in [6, 6.07) is 2.57. The van der Waals surface area contributed by atoms with Crippen LogP contribution in [0, 0.1) is 13.8 Å². The number of benzene rings is 1. The number of hydrogen-bond donors (Lipinski definition) is 1. The van der Waals surface area contributed by atoms with Gasteiger partial charge < -0.3 is 10.1 Å². The zero-order valence-electron chi connectivity index (χ0n) is 10.1. The maximum Gasteiger partial charge on any atom is 0.128 e. The van der Waals surface area contributed by atoms with E-state index in [-0.39, 0.29) is 0 Å². The first kappa shape index (κ1) is 11.7. The van der Waals surface area contributed by atoms with Crippen molar-refractivity contribution in [3.05, 3.63) is 27.8 Å². The Morgan fingerprint density at radius 3 is 2.75 bits per heavy atom. The Balaban J connectivity index is 2.50. The number of ether oxygens (including phenoxy) is 1. The van der Waals surface area contributed by atoms with Gasteiger partial charge in [-0.3, -0.25) is 0 Å². The molecule has 1 fully saturated rings. The van der Waals surface area contributed by atoms with Gasteiger partial charge in [0.25, 0.3) is 0 Å². The van der Waals surface area contributed by atoms with Gasteiger partial charge in [0.1, 0.15) is 5.75 Å². The summed E-state index contributed by atoms with van der Waals surface area (Å²) >= 11 is 6.24. The summed E-state index contributed by atoms with van der Waals surface area (Å²) in [5.41, 5.74) is 3.43. The van der Waals surface area contributed by atoms with Gasteiger partial charge in [0.2, 0.25) is 0 Å². The fraction of sp³-hybridized carbons (Fsp3) is 0.538. The summed E-state index contributed by atoms with van der Waals surface area (Å²) in [5.74, 6) is 0.940. The third-order valence-corrected chi connectivity index (χ3v) is 3.87. The Morgan fingerprint density at radius 1 is 1.44 bits per heavy atom. The molecular formula is C13H18ClNO. The first-order valence-corrected chi connectivity index (χ1v) is 6.10. The minimum Gasteiger partial charge on any atom is -0.496 e. The van der Waals surface area contributed by atoms with E-state index < -0.39 is 0 Å². The van der Waals surface area contributed by atoms with E-state index in [1.807, 2.05) is 13.8 Å². The van der Waals surface area contributed by atoms with Crippen LogP contribution in [0.15, 0.2) is 6.07 Å². The minimum absolute atomic E-state index is 0.421. The molecule has 1 N–H and O–H groups in total. The van der Waals surface area contributed by atoms with Gasteiger partial charge in [0.05, 0.1) is 12.1 Å². The molecule has 1 aliphatic rings. The zero-order chi connectivity index (χ0) is 11.7. The van der Waals surface area contributed by atoms with E-state index >= 15 is 0 Å². The number of aryl methyl sites for hydroxylation is 1. The van der Waals surface area contributed by atoms with Crippen LogP contribution in [0.4, 0.5) is 0 Å². The molecule has 1 unspecified atom stereocenters. The second-order valence-electron chi connectivity index (χ2n) is 4.40. The first-order chi connectivity index (χ1) is 7.65. The van der Waals surface area contributed by atoms with E-state index in [0.29, 0.717) is 6.04 Å². The van der Waals surface area contributed by atoms with Gasteiger partial charge in [0, 0.05) is 17.2 Å². The van der Waals surface area contributed by atoms with Crippen LogP contribution >= 0.6 is 11.6 Å². The Morgan fingerprint density at radius 2 is 2.19 bits per heavy atom. The lowest BCUT2D eigenvalue weighted by atomic mass is 9.98. The maximum atomic E-state index is 6.24. The molecule has 0 saturated carbocycles. The van der Waals surface area contributed by atoms with Crippen molar-refractivity contribution in [2.24, 2.45) is 0 Å². The zero-order valence-corrected chi connectivity index (χ0v) is 10.8. The van der Waals surface area contributed by atoms with Crippen LogP contribution in [-0.2, 0) is 0 Å². The van der Waals surface area contributed by atoms with E-state index in [9.17, 15) is 0 Å². The molecule has 0 radical (unpaired) electrons. The number of methoxy groups -OCH3 is 1. The van der Waals surface area contributed by atoms with E-state index in [1.54, 1.807) is 7.11 Å². The smallest absolute Gasteiger partial charge is 0.128 e. The summed E-state index contributed by atoms with van der Waals surface area (Å²) in [7, 11) is 1.71. The van der Waals surface area contributed by atoms with Crippen molar-refractivity contribution in [2.45, 2.75) is 32.7 Å². The van der Waals surface area contributed by atoms with E-state index in [1.165, 1.54) is 18.4 Å². The topological polar surface area (TPSA) is 21.3 Å². The van der Waals surface area contributed by atoms with Gasteiger partial charge >= 0.3 is 0 Å². The third-order valence-electron chi connectivity index (χ3n) is 3.29. The first-order valence-electron chi connectivity index (χ1n) is 5.72. The van der Waals surface area contributed by atoms with Crippen molar-refractivity contribution in [3.8, 4) is 5.75 Å². The van der Waals surface area contributed by atoms with Crippen LogP contribution in [0.3, 0.4) is 0 Å². The van der Waals surface area contributed by atoms with Gasteiger partial charge in [-0.05, 0) is 44.9 Å². The van der Waals surface area contributed by atoms with Gasteiger partial charge in [-0.1, -0.05) is 11.6 Å². The summed E-state index contributed by atoms with van der Waals surface area (Å²) in [6.45, 7) is 5.16. The second kappa shape index (κ2) is 4.64. The monoisotopic (exact) mass is 239 g/mol. The summed E-state index contributed by atoms with van der Waals surface area (Å²) < 4.78 is 5.50. The average Bonchev–Trinajstić information content (AvgIpc) is 2.79. The van der Waals surface area contributed by atoms with Crippen molar-refractivity contribution >= 4 is 11.6 Å². The maximum absolute atomic E-state index is 6.24. The van der Waals surface area contributed by atoms with Gasteiger partial charge in [0.15, 0.2) is 0 Å². The van der Waals surface area contributed by atoms with Gasteiger partial charge in [-0.25, -0.2) is 0 Å². The molecule has 3 heteroatoms. The Hall–Kier alpha value is -0.730. The molecule has 0 spiro atoms. The third kappa shape index (κ3) is 1.92. The van der Waals surface area contributed by atoms with E-state index in [2.05, 4.69) is 11.4 Å². The molecule has 1 atom stereocenters. The molecule has 1 aromatic rings. The quantitative estimate of drug-likeness (QED) is 0.854. The van der Waals surface area contributed by atoms with Gasteiger partial charge in [-0.2, -0.15) is 0 Å². The minimum atomic E-state index is 0.421. The van der Waals surface area contributed by atoms with Crippen molar-refractivity contribution in [1.29, 1.82) is 0 Å². The molecule has 2 nitrogen and oxygen atoms in total. The largest absolute Gasteiger partial charge is 0.496 e. The molecule has 2 rings (SSSR count). The number of halogens is 1. The van der Waals surface area contributed by atoms with Crippen molar-refractivity contribution in [1.82, 2.24) is 5.32 Å². The molecule has 0 aromatic heterocycles. The predicted molar refractivity (Wildman–Crippen MR) is 67.5 cm³/mol. The molecule has 1 aromatic carbocycles. The normalized spacial score (nSPS) is 20.1.